The van der Waals surface area contributed by atoms with Crippen molar-refractivity contribution in [2.45, 2.75) is 52.1 Å². The van der Waals surface area contributed by atoms with E-state index in [2.05, 4.69) is 22.2 Å². The zero-order valence-electron chi connectivity index (χ0n) is 11.1. The highest BCUT2D eigenvalue weighted by molar-refractivity contribution is 6.03. The van der Waals surface area contributed by atoms with Crippen molar-refractivity contribution in [3.05, 3.63) is 5.69 Å². The molecule has 0 aliphatic carbocycles. The summed E-state index contributed by atoms with van der Waals surface area (Å²) < 4.78 is 2.02. The molecular weight excluding hydrogens is 228 g/mol. The highest BCUT2D eigenvalue weighted by atomic mass is 16.2. The Morgan fingerprint density at radius 2 is 2.22 bits per heavy atom. The lowest BCUT2D eigenvalue weighted by molar-refractivity contribution is -0.117. The van der Waals surface area contributed by atoms with Crippen LogP contribution in [0.4, 0.5) is 11.5 Å². The number of nitrogens with zero attached hydrogens (tertiary/aromatic N) is 3. The Hall–Kier alpha value is -1.52. The Morgan fingerprint density at radius 3 is 3.00 bits per heavy atom. The molecule has 18 heavy (non-hydrogen) atoms. The smallest absolute Gasteiger partial charge is 0.247 e. The van der Waals surface area contributed by atoms with E-state index in [1.807, 2.05) is 11.6 Å². The number of fused-ring (bicyclic) bond motifs is 3. The van der Waals surface area contributed by atoms with E-state index in [-0.39, 0.29) is 11.9 Å². The molecule has 0 radical (unpaired) electrons. The van der Waals surface area contributed by atoms with Crippen molar-refractivity contribution in [3.8, 4) is 0 Å². The number of carbonyl (C=O) groups is 1. The minimum absolute atomic E-state index is 0.00130. The molecule has 1 aromatic rings. The topological polar surface area (TPSA) is 50.2 Å². The van der Waals surface area contributed by atoms with E-state index >= 15 is 0 Å². The second-order valence-corrected chi connectivity index (χ2v) is 5.15. The molecule has 3 heterocycles. The molecule has 1 saturated heterocycles. The van der Waals surface area contributed by atoms with Gasteiger partial charge in [-0.05, 0) is 26.7 Å². The van der Waals surface area contributed by atoms with Crippen molar-refractivity contribution in [1.82, 2.24) is 9.78 Å². The number of hydrogen-bond acceptors (Lipinski definition) is 3. The highest BCUT2D eigenvalue weighted by Gasteiger charge is 2.37. The maximum Gasteiger partial charge on any atom is 0.247 e. The number of aryl methyl sites for hydroxylation is 2. The normalized spacial score (nSPS) is 23.1. The monoisotopic (exact) mass is 248 g/mol. The van der Waals surface area contributed by atoms with Crippen LogP contribution in [0.15, 0.2) is 0 Å². The number of nitrogens with one attached hydrogen (secondary N) is 1. The quantitative estimate of drug-likeness (QED) is 0.826. The molecule has 2 aliphatic rings. The second kappa shape index (κ2) is 4.30. The summed E-state index contributed by atoms with van der Waals surface area (Å²) >= 11 is 0. The molecule has 98 valence electrons. The zero-order valence-corrected chi connectivity index (χ0v) is 11.1. The highest BCUT2D eigenvalue weighted by Crippen LogP contribution is 2.37. The standard InChI is InChI=1S/C13H20N4O/c1-3-17-13-11(9(2)15-17)14-12(18)10-7-5-4-6-8-16(10)13/h10H,3-8H2,1-2H3,(H,14,18). The third-order valence-electron chi connectivity index (χ3n) is 3.98. The van der Waals surface area contributed by atoms with E-state index < -0.39 is 0 Å². The first-order valence-electron chi connectivity index (χ1n) is 6.87. The number of carbonyl (C=O) groups excluding carboxylic acids is 1. The summed E-state index contributed by atoms with van der Waals surface area (Å²) in [6.07, 6.45) is 4.48. The Balaban J connectivity index is 2.09. The first-order valence-corrected chi connectivity index (χ1v) is 6.87. The van der Waals surface area contributed by atoms with E-state index in [0.29, 0.717) is 0 Å². The summed E-state index contributed by atoms with van der Waals surface area (Å²) in [5.41, 5.74) is 1.84. The van der Waals surface area contributed by atoms with Crippen LogP contribution >= 0.6 is 0 Å². The summed E-state index contributed by atoms with van der Waals surface area (Å²) in [5.74, 6) is 1.25. The van der Waals surface area contributed by atoms with Gasteiger partial charge in [-0.15, -0.1) is 0 Å². The molecule has 1 amide bonds. The van der Waals surface area contributed by atoms with Gasteiger partial charge in [0, 0.05) is 13.1 Å². The van der Waals surface area contributed by atoms with Gasteiger partial charge in [0.1, 0.15) is 11.7 Å². The van der Waals surface area contributed by atoms with E-state index in [4.69, 9.17) is 0 Å². The van der Waals surface area contributed by atoms with Crippen LogP contribution in [0, 0.1) is 6.92 Å². The van der Waals surface area contributed by atoms with Gasteiger partial charge < -0.3 is 10.2 Å². The maximum atomic E-state index is 12.2. The van der Waals surface area contributed by atoms with Crippen LogP contribution in [0.2, 0.25) is 0 Å². The van der Waals surface area contributed by atoms with Crippen LogP contribution in [0.3, 0.4) is 0 Å². The Labute approximate surface area is 107 Å². The molecule has 1 fully saturated rings. The van der Waals surface area contributed by atoms with Crippen molar-refractivity contribution < 1.29 is 4.79 Å². The van der Waals surface area contributed by atoms with Gasteiger partial charge in [0.15, 0.2) is 5.82 Å². The second-order valence-electron chi connectivity index (χ2n) is 5.15. The van der Waals surface area contributed by atoms with Crippen LogP contribution in [0.1, 0.15) is 38.3 Å². The number of aromatic nitrogens is 2. The average molecular weight is 248 g/mol. The molecule has 1 N–H and O–H groups in total. The Bertz CT molecular complexity index is 480. The number of hydrogen-bond donors (Lipinski definition) is 1. The molecule has 2 aliphatic heterocycles. The van der Waals surface area contributed by atoms with Crippen molar-refractivity contribution in [2.24, 2.45) is 0 Å². The predicted octanol–water partition coefficient (Wildman–Crippen LogP) is 1.91. The molecule has 0 aromatic carbocycles. The van der Waals surface area contributed by atoms with E-state index in [0.717, 1.165) is 49.6 Å². The summed E-state index contributed by atoms with van der Waals surface area (Å²) in [4.78, 5) is 14.5. The van der Waals surface area contributed by atoms with Gasteiger partial charge in [-0.3, -0.25) is 4.79 Å². The van der Waals surface area contributed by atoms with Gasteiger partial charge in [-0.2, -0.15) is 5.10 Å². The SMILES string of the molecule is CCn1nc(C)c2c1N1CCCCCC1C(=O)N2. The molecule has 1 aromatic heterocycles. The fourth-order valence-electron chi connectivity index (χ4n) is 3.07. The van der Waals surface area contributed by atoms with E-state index in [1.54, 1.807) is 0 Å². The molecule has 0 saturated carbocycles. The fourth-order valence-corrected chi connectivity index (χ4v) is 3.07. The number of anilines is 2. The minimum Gasteiger partial charge on any atom is -0.343 e. The molecule has 0 spiro atoms. The average Bonchev–Trinajstić information content (AvgIpc) is 2.56. The van der Waals surface area contributed by atoms with E-state index in [9.17, 15) is 4.79 Å². The third kappa shape index (κ3) is 1.61. The third-order valence-corrected chi connectivity index (χ3v) is 3.98. The largest absolute Gasteiger partial charge is 0.343 e. The molecule has 1 unspecified atom stereocenters. The van der Waals surface area contributed by atoms with Gasteiger partial charge in [0.05, 0.1) is 5.69 Å². The molecular formula is C13H20N4O. The summed E-state index contributed by atoms with van der Waals surface area (Å²) in [5, 5.41) is 7.57. The van der Waals surface area contributed by atoms with Gasteiger partial charge >= 0.3 is 0 Å². The van der Waals surface area contributed by atoms with Crippen LogP contribution in [-0.2, 0) is 11.3 Å². The molecule has 0 bridgehead atoms. The molecule has 3 rings (SSSR count). The Morgan fingerprint density at radius 1 is 1.39 bits per heavy atom. The van der Waals surface area contributed by atoms with Crippen LogP contribution in [0.25, 0.3) is 0 Å². The zero-order chi connectivity index (χ0) is 12.7. The Kier molecular flexibility index (Phi) is 2.76. The van der Waals surface area contributed by atoms with Crippen LogP contribution in [0.5, 0.6) is 0 Å². The number of amides is 1. The van der Waals surface area contributed by atoms with Crippen molar-refractivity contribution >= 4 is 17.4 Å². The van der Waals surface area contributed by atoms with Gasteiger partial charge in [-0.1, -0.05) is 12.8 Å². The van der Waals surface area contributed by atoms with Crippen LogP contribution in [-0.4, -0.2) is 28.3 Å². The van der Waals surface area contributed by atoms with Gasteiger partial charge in [-0.25, -0.2) is 4.68 Å². The first-order chi connectivity index (χ1) is 8.72. The lowest BCUT2D eigenvalue weighted by atomic mass is 10.1. The summed E-state index contributed by atoms with van der Waals surface area (Å²) in [7, 11) is 0. The van der Waals surface area contributed by atoms with Crippen molar-refractivity contribution in [3.63, 3.8) is 0 Å². The van der Waals surface area contributed by atoms with Gasteiger partial charge in [0.25, 0.3) is 0 Å². The summed E-state index contributed by atoms with van der Waals surface area (Å²) in [6.45, 7) is 5.87. The number of rotatable bonds is 1. The van der Waals surface area contributed by atoms with Crippen molar-refractivity contribution in [2.75, 3.05) is 16.8 Å². The first kappa shape index (κ1) is 11.6. The molecule has 5 nitrogen and oxygen atoms in total. The molecule has 5 heteroatoms. The lowest BCUT2D eigenvalue weighted by Crippen LogP contribution is -2.48. The maximum absolute atomic E-state index is 12.2. The van der Waals surface area contributed by atoms with Gasteiger partial charge in [0.2, 0.25) is 5.91 Å². The lowest BCUT2D eigenvalue weighted by Gasteiger charge is -2.35. The summed E-state index contributed by atoms with van der Waals surface area (Å²) in [6, 6.07) is 0.00130. The van der Waals surface area contributed by atoms with Crippen molar-refractivity contribution in [1.29, 1.82) is 0 Å². The molecule has 1 atom stereocenters. The van der Waals surface area contributed by atoms with Crippen LogP contribution < -0.4 is 10.2 Å². The fraction of sp³-hybridized carbons (Fsp3) is 0.692. The van der Waals surface area contributed by atoms with E-state index in [1.165, 1.54) is 6.42 Å². The predicted molar refractivity (Wildman–Crippen MR) is 70.9 cm³/mol. The minimum atomic E-state index is 0.00130.